The molecule has 202 valence electrons. The molecule has 0 saturated heterocycles. The van der Waals surface area contributed by atoms with E-state index < -0.39 is 0 Å². The second-order valence-corrected chi connectivity index (χ2v) is 11.1. The first-order valence-electron chi connectivity index (χ1n) is 12.9. The van der Waals surface area contributed by atoms with Crippen LogP contribution in [-0.2, 0) is 0 Å². The van der Waals surface area contributed by atoms with Crippen LogP contribution >= 0.6 is 11.3 Å². The smallest absolute Gasteiger partial charge is 0.116 e. The van der Waals surface area contributed by atoms with Gasteiger partial charge in [0.15, 0.2) is 0 Å². The molecule has 0 radical (unpaired) electrons. The molecule has 0 amide bonds. The molecular weight excluding hydrogens is 514 g/mol. The maximum Gasteiger partial charge on any atom is 0.116 e. The Morgan fingerprint density at radius 2 is 1.93 bits per heavy atom. The molecule has 40 heavy (non-hydrogen) atoms. The molecule has 5 aromatic heterocycles. The van der Waals surface area contributed by atoms with Crippen LogP contribution in [0.4, 0.5) is 5.69 Å². The molecule has 8 heteroatoms. The number of H-pyrrole nitrogens is 2. The van der Waals surface area contributed by atoms with Crippen LogP contribution in [0.15, 0.2) is 74.4 Å². The number of fused-ring (bicyclic) bond motifs is 1. The van der Waals surface area contributed by atoms with Gasteiger partial charge in [0.1, 0.15) is 5.69 Å². The second-order valence-electron chi connectivity index (χ2n) is 10.0. The largest absolute Gasteiger partial charge is 0.357 e. The maximum absolute atomic E-state index is 4.72. The molecule has 5 heterocycles. The predicted octanol–water partition coefficient (Wildman–Crippen LogP) is 5.89. The molecule has 7 nitrogen and oxygen atoms in total. The van der Waals surface area contributed by atoms with Crippen LogP contribution in [0.3, 0.4) is 0 Å². The van der Waals surface area contributed by atoms with E-state index in [-0.39, 0.29) is 0 Å². The van der Waals surface area contributed by atoms with Gasteiger partial charge < -0.3 is 15.2 Å². The Hall–Kier alpha value is -4.53. The van der Waals surface area contributed by atoms with Gasteiger partial charge in [0.25, 0.3) is 0 Å². The van der Waals surface area contributed by atoms with Gasteiger partial charge in [0.05, 0.1) is 33.5 Å². The fourth-order valence-electron chi connectivity index (χ4n) is 4.57. The number of thiophene rings is 1. The summed E-state index contributed by atoms with van der Waals surface area (Å²) >= 11 is 1.70. The highest BCUT2D eigenvalue weighted by Crippen LogP contribution is 2.35. The molecule has 0 aliphatic carbocycles. The van der Waals surface area contributed by atoms with Crippen molar-refractivity contribution in [2.45, 2.75) is 13.8 Å². The molecule has 0 bridgehead atoms. The summed E-state index contributed by atoms with van der Waals surface area (Å²) in [6.45, 7) is 17.3. The van der Waals surface area contributed by atoms with Gasteiger partial charge in [-0.25, -0.2) is 0 Å². The van der Waals surface area contributed by atoms with Gasteiger partial charge in [-0.2, -0.15) is 5.10 Å². The number of likely N-dealkylation sites (N-methyl/N-ethyl adjacent to an activating group) is 1. The fourth-order valence-corrected chi connectivity index (χ4v) is 5.52. The Morgan fingerprint density at radius 3 is 2.65 bits per heavy atom. The number of allylic oxidation sites excluding steroid dienone is 2. The van der Waals surface area contributed by atoms with Crippen molar-refractivity contribution in [1.29, 1.82) is 0 Å². The summed E-state index contributed by atoms with van der Waals surface area (Å²) in [7, 11) is 4.02. The highest BCUT2D eigenvalue weighted by atomic mass is 32.1. The number of hydrogen-bond acceptors (Lipinski definition) is 6. The van der Waals surface area contributed by atoms with Gasteiger partial charge in [-0.1, -0.05) is 25.8 Å². The van der Waals surface area contributed by atoms with E-state index in [1.54, 1.807) is 17.5 Å². The number of nitrogens with zero attached hydrogens (tertiary/aromatic N) is 4. The summed E-state index contributed by atoms with van der Waals surface area (Å²) < 4.78 is 0. The summed E-state index contributed by atoms with van der Waals surface area (Å²) in [6.07, 6.45) is 9.50. The number of aromatic amines is 2. The van der Waals surface area contributed by atoms with E-state index in [1.165, 1.54) is 0 Å². The lowest BCUT2D eigenvalue weighted by molar-refractivity contribution is 0.447. The number of hydrogen-bond donors (Lipinski definition) is 3. The minimum Gasteiger partial charge on any atom is -0.357 e. The molecule has 5 rings (SSSR count). The molecule has 0 spiro atoms. The quantitative estimate of drug-likeness (QED) is 0.214. The number of aromatic nitrogens is 5. The van der Waals surface area contributed by atoms with Gasteiger partial charge >= 0.3 is 0 Å². The summed E-state index contributed by atoms with van der Waals surface area (Å²) in [6, 6.07) is 10.4. The molecule has 0 atom stereocenters. The molecule has 0 aromatic carbocycles. The van der Waals surface area contributed by atoms with Crippen molar-refractivity contribution in [2.24, 2.45) is 0 Å². The average molecular weight is 548 g/mol. The minimum atomic E-state index is 0.731. The van der Waals surface area contributed by atoms with Gasteiger partial charge in [0.2, 0.25) is 0 Å². The highest BCUT2D eigenvalue weighted by molar-refractivity contribution is 7.16. The fraction of sp³-hybridized carbons (Fsp3) is 0.156. The van der Waals surface area contributed by atoms with Gasteiger partial charge in [0, 0.05) is 51.2 Å². The first kappa shape index (κ1) is 27.1. The molecular formula is C32H33N7S. The lowest BCUT2D eigenvalue weighted by Gasteiger charge is -2.14. The average Bonchev–Trinajstić information content (AvgIpc) is 3.66. The third-order valence-electron chi connectivity index (χ3n) is 6.44. The summed E-state index contributed by atoms with van der Waals surface area (Å²) in [5.74, 6) is 0. The molecule has 0 fully saturated rings. The Morgan fingerprint density at radius 1 is 1.10 bits per heavy atom. The van der Waals surface area contributed by atoms with Crippen LogP contribution in [0.5, 0.6) is 0 Å². The first-order valence-corrected chi connectivity index (χ1v) is 13.8. The van der Waals surface area contributed by atoms with Crippen molar-refractivity contribution in [3.05, 3.63) is 95.4 Å². The Balaban J connectivity index is 1.53. The highest BCUT2D eigenvalue weighted by Gasteiger charge is 2.15. The molecule has 0 aliphatic heterocycles. The van der Waals surface area contributed by atoms with E-state index in [2.05, 4.69) is 68.3 Å². The standard InChI is InChI=1S/C32H33N7S/c1-8-26-24(13-20(4)22-14-23(17-33-16-22)35-21(5)18-39(6)7)31(38-37-26)28-15-25-27(36-28)11-12-34-32(25)30-10-9-29(40-30)19(2)3/h8-17,35-37H,2,4-5,18H2,1,3,6-7H3/b24-13+,26-8+. The van der Waals surface area contributed by atoms with Crippen LogP contribution in [0.1, 0.15) is 24.3 Å². The van der Waals surface area contributed by atoms with Crippen molar-refractivity contribution in [3.63, 3.8) is 0 Å². The molecule has 0 saturated carbocycles. The zero-order valence-corrected chi connectivity index (χ0v) is 24.1. The summed E-state index contributed by atoms with van der Waals surface area (Å²) in [5, 5.41) is 14.1. The van der Waals surface area contributed by atoms with E-state index >= 15 is 0 Å². The molecule has 0 aliphatic rings. The Bertz CT molecular complexity index is 1870. The lowest BCUT2D eigenvalue weighted by Crippen LogP contribution is -2.23. The molecule has 0 unspecified atom stereocenters. The molecule has 5 aromatic rings. The second kappa shape index (κ2) is 11.3. The van der Waals surface area contributed by atoms with Crippen LogP contribution in [0, 0.1) is 0 Å². The zero-order valence-electron chi connectivity index (χ0n) is 23.3. The number of pyridine rings is 2. The van der Waals surface area contributed by atoms with Crippen molar-refractivity contribution < 1.29 is 0 Å². The lowest BCUT2D eigenvalue weighted by atomic mass is 10.1. The van der Waals surface area contributed by atoms with Crippen molar-refractivity contribution >= 4 is 51.2 Å². The monoisotopic (exact) mass is 547 g/mol. The van der Waals surface area contributed by atoms with E-state index in [9.17, 15) is 0 Å². The minimum absolute atomic E-state index is 0.731. The Labute approximate surface area is 238 Å². The third kappa shape index (κ3) is 5.59. The van der Waals surface area contributed by atoms with Crippen LogP contribution in [-0.4, -0.2) is 50.7 Å². The predicted molar refractivity (Wildman–Crippen MR) is 170 cm³/mol. The van der Waals surface area contributed by atoms with E-state index in [1.807, 2.05) is 64.6 Å². The van der Waals surface area contributed by atoms with Crippen molar-refractivity contribution in [2.75, 3.05) is 26.0 Å². The number of anilines is 1. The first-order chi connectivity index (χ1) is 19.2. The number of nitrogens with one attached hydrogen (secondary N) is 3. The summed E-state index contributed by atoms with van der Waals surface area (Å²) in [5.41, 5.74) is 8.20. The molecule has 3 N–H and O–H groups in total. The van der Waals surface area contributed by atoms with Crippen molar-refractivity contribution in [3.8, 4) is 22.0 Å². The van der Waals surface area contributed by atoms with E-state index in [4.69, 9.17) is 4.98 Å². The van der Waals surface area contributed by atoms with Crippen LogP contribution in [0.2, 0.25) is 0 Å². The number of rotatable bonds is 9. The Kier molecular flexibility index (Phi) is 7.64. The normalized spacial score (nSPS) is 12.4. The van der Waals surface area contributed by atoms with Gasteiger partial charge in [-0.3, -0.25) is 15.1 Å². The maximum atomic E-state index is 4.72. The van der Waals surface area contributed by atoms with Crippen LogP contribution < -0.4 is 15.9 Å². The topological polar surface area (TPSA) is 85.5 Å². The van der Waals surface area contributed by atoms with E-state index in [0.717, 1.165) is 82.9 Å². The van der Waals surface area contributed by atoms with Gasteiger partial charge in [-0.15, -0.1) is 11.3 Å². The van der Waals surface area contributed by atoms with Crippen LogP contribution in [0.25, 0.3) is 56.2 Å². The summed E-state index contributed by atoms with van der Waals surface area (Å²) in [4.78, 5) is 17.0. The SMILES string of the molecule is C=C(CN(C)C)Nc1cncc(C(=C)/C=c2/c(-c3cc4c(-c5ccc(C(=C)C)s5)nccc4[nH]3)n[nH]/c2=C/C)c1. The van der Waals surface area contributed by atoms with E-state index in [0.29, 0.717) is 0 Å². The third-order valence-corrected chi connectivity index (χ3v) is 7.70. The zero-order chi connectivity index (χ0) is 28.4. The van der Waals surface area contributed by atoms with Crippen molar-refractivity contribution in [1.82, 2.24) is 30.0 Å². The van der Waals surface area contributed by atoms with Gasteiger partial charge in [-0.05, 0) is 75.5 Å².